The molecule has 1 fully saturated rings. The number of anilines is 1. The first-order chi connectivity index (χ1) is 19.6. The quantitative estimate of drug-likeness (QED) is 0.265. The van der Waals surface area contributed by atoms with Crippen LogP contribution in [0, 0.1) is 5.82 Å². The van der Waals surface area contributed by atoms with Crippen LogP contribution in [0.4, 0.5) is 10.1 Å². The first-order valence-electron chi connectivity index (χ1n) is 13.2. The van der Waals surface area contributed by atoms with Gasteiger partial charge in [0.2, 0.25) is 0 Å². The van der Waals surface area contributed by atoms with Crippen molar-refractivity contribution in [1.29, 1.82) is 0 Å². The highest BCUT2D eigenvalue weighted by Crippen LogP contribution is 2.33. The number of nitrogens with zero attached hydrogens (tertiary/aromatic N) is 6. The Hall–Kier alpha value is -4.90. The molecule has 1 aliphatic heterocycles. The lowest BCUT2D eigenvalue weighted by Crippen LogP contribution is -2.25. The van der Waals surface area contributed by atoms with Gasteiger partial charge in [0.1, 0.15) is 23.9 Å². The van der Waals surface area contributed by atoms with Gasteiger partial charge in [-0.05, 0) is 55.8 Å². The number of nitrogens with one attached hydrogen (secondary N) is 2. The molecule has 10 nitrogen and oxygen atoms in total. The van der Waals surface area contributed by atoms with Crippen LogP contribution >= 0.6 is 0 Å². The number of rotatable bonds is 7. The predicted molar refractivity (Wildman–Crippen MR) is 151 cm³/mol. The summed E-state index contributed by atoms with van der Waals surface area (Å²) >= 11 is 0. The van der Waals surface area contributed by atoms with Crippen molar-refractivity contribution in [1.82, 2.24) is 40.0 Å². The molecule has 0 unspecified atom stereocenters. The number of likely N-dealkylation sites (tertiary alicyclic amines) is 1. The van der Waals surface area contributed by atoms with Crippen molar-refractivity contribution in [3.63, 3.8) is 0 Å². The van der Waals surface area contributed by atoms with E-state index in [9.17, 15) is 4.39 Å². The lowest BCUT2D eigenvalue weighted by molar-refractivity contribution is 0.237. The summed E-state index contributed by atoms with van der Waals surface area (Å²) in [7, 11) is 0. The monoisotopic (exact) mass is 535 g/mol. The summed E-state index contributed by atoms with van der Waals surface area (Å²) in [6, 6.07) is 8.46. The Morgan fingerprint density at radius 3 is 2.67 bits per heavy atom. The maximum absolute atomic E-state index is 14.7. The van der Waals surface area contributed by atoms with Gasteiger partial charge in [0, 0.05) is 47.7 Å². The van der Waals surface area contributed by atoms with Crippen LogP contribution in [0.1, 0.15) is 12.8 Å². The molecular formula is C29H26FN9O. The first kappa shape index (κ1) is 24.2. The molecule has 0 amide bonds. The van der Waals surface area contributed by atoms with Crippen LogP contribution in [0.3, 0.4) is 0 Å². The number of fused-ring (bicyclic) bond motifs is 2. The van der Waals surface area contributed by atoms with Crippen molar-refractivity contribution in [2.45, 2.75) is 12.8 Å². The molecule has 0 radical (unpaired) electrons. The third kappa shape index (κ3) is 4.60. The highest BCUT2D eigenvalue weighted by atomic mass is 19.1. The van der Waals surface area contributed by atoms with Gasteiger partial charge < -0.3 is 15.5 Å². The van der Waals surface area contributed by atoms with E-state index in [-0.39, 0.29) is 5.82 Å². The van der Waals surface area contributed by atoms with Crippen molar-refractivity contribution in [3.05, 3.63) is 67.1 Å². The Balaban J connectivity index is 1.23. The van der Waals surface area contributed by atoms with Gasteiger partial charge in [-0.25, -0.2) is 9.37 Å². The average molecular weight is 536 g/mol. The van der Waals surface area contributed by atoms with E-state index >= 15 is 0 Å². The summed E-state index contributed by atoms with van der Waals surface area (Å²) < 4.78 is 20.6. The van der Waals surface area contributed by atoms with Crippen molar-refractivity contribution < 1.29 is 9.13 Å². The topological polar surface area (TPSA) is 135 Å². The van der Waals surface area contributed by atoms with Gasteiger partial charge in [0.05, 0.1) is 40.3 Å². The normalized spacial score (nSPS) is 13.9. The van der Waals surface area contributed by atoms with E-state index in [1.807, 2.05) is 18.2 Å². The van der Waals surface area contributed by atoms with Crippen LogP contribution in [0.15, 0.2) is 61.3 Å². The van der Waals surface area contributed by atoms with Gasteiger partial charge in [-0.1, -0.05) is 0 Å². The van der Waals surface area contributed by atoms with Crippen LogP contribution in [0.5, 0.6) is 5.75 Å². The number of hydrogen-bond donors (Lipinski definition) is 3. The average Bonchev–Trinajstić information content (AvgIpc) is 3.72. The van der Waals surface area contributed by atoms with E-state index in [1.165, 1.54) is 25.0 Å². The highest BCUT2D eigenvalue weighted by molar-refractivity contribution is 5.97. The molecule has 0 bridgehead atoms. The molecule has 200 valence electrons. The number of H-pyrrole nitrogens is 2. The maximum Gasteiger partial charge on any atom is 0.159 e. The van der Waals surface area contributed by atoms with E-state index in [0.29, 0.717) is 57.4 Å². The lowest BCUT2D eigenvalue weighted by Gasteiger charge is -2.15. The molecule has 4 N–H and O–H groups in total. The number of halogens is 1. The molecule has 6 aromatic rings. The lowest BCUT2D eigenvalue weighted by atomic mass is 10.1. The molecule has 1 saturated heterocycles. The summed E-state index contributed by atoms with van der Waals surface area (Å²) in [5, 5.41) is 8.36. The molecule has 5 aromatic heterocycles. The number of ether oxygens (including phenoxy) is 1. The predicted octanol–water partition coefficient (Wildman–Crippen LogP) is 4.82. The summed E-state index contributed by atoms with van der Waals surface area (Å²) in [5.41, 5.74) is 12.1. The molecule has 6 heterocycles. The van der Waals surface area contributed by atoms with Crippen LogP contribution in [0.2, 0.25) is 0 Å². The van der Waals surface area contributed by atoms with Gasteiger partial charge in [-0.15, -0.1) is 0 Å². The van der Waals surface area contributed by atoms with Crippen LogP contribution in [-0.4, -0.2) is 66.3 Å². The number of aromatic nitrogens is 7. The fourth-order valence-electron chi connectivity index (χ4n) is 5.21. The van der Waals surface area contributed by atoms with Crippen molar-refractivity contribution >= 4 is 27.6 Å². The first-order valence-corrected chi connectivity index (χ1v) is 13.2. The molecule has 0 saturated carbocycles. The molecule has 1 aromatic carbocycles. The molecule has 11 heteroatoms. The van der Waals surface area contributed by atoms with E-state index < -0.39 is 0 Å². The van der Waals surface area contributed by atoms with E-state index in [4.69, 9.17) is 15.5 Å². The minimum atomic E-state index is -0.379. The van der Waals surface area contributed by atoms with Gasteiger partial charge in [-0.2, -0.15) is 5.10 Å². The highest BCUT2D eigenvalue weighted by Gasteiger charge is 2.18. The molecule has 0 spiro atoms. The largest absolute Gasteiger partial charge is 0.492 e. The second-order valence-corrected chi connectivity index (χ2v) is 9.94. The van der Waals surface area contributed by atoms with Gasteiger partial charge in [0.25, 0.3) is 0 Å². The zero-order chi connectivity index (χ0) is 27.1. The minimum Gasteiger partial charge on any atom is -0.492 e. The number of nitrogen functional groups attached to an aromatic ring is 1. The second kappa shape index (κ2) is 10.0. The van der Waals surface area contributed by atoms with Crippen LogP contribution in [-0.2, 0) is 0 Å². The van der Waals surface area contributed by atoms with Crippen LogP contribution in [0.25, 0.3) is 55.8 Å². The fraction of sp³-hybridized carbons (Fsp3) is 0.207. The number of aromatic amines is 2. The summed E-state index contributed by atoms with van der Waals surface area (Å²) in [5.74, 6) is 0.656. The molecule has 40 heavy (non-hydrogen) atoms. The molecule has 0 atom stereocenters. The van der Waals surface area contributed by atoms with Gasteiger partial charge in [-0.3, -0.25) is 25.0 Å². The SMILES string of the molecule is Nc1cncc(-c2cc3c(-c4nc5c(-c6cc(F)cc(OCCN7CCCC7)c6)cncc5[nH]4)n[nH]c3cn2)c1. The van der Waals surface area contributed by atoms with Crippen molar-refractivity contribution in [2.24, 2.45) is 0 Å². The Morgan fingerprint density at radius 2 is 1.80 bits per heavy atom. The summed E-state index contributed by atoms with van der Waals surface area (Å²) in [4.78, 5) is 23.6. The van der Waals surface area contributed by atoms with E-state index in [0.717, 1.165) is 36.1 Å². The smallest absolute Gasteiger partial charge is 0.159 e. The zero-order valence-corrected chi connectivity index (χ0v) is 21.6. The maximum atomic E-state index is 14.7. The number of nitrogens with two attached hydrogens (primary N) is 1. The number of pyridine rings is 3. The standard InChI is InChI=1S/C29H26FN9O/c30-19-7-17(9-21(10-19)40-6-5-39-3-1-2-4-39)23-14-33-15-26-27(23)36-29(35-26)28-22-11-24(34-16-25(22)37-38-28)18-8-20(31)13-32-12-18/h7-16H,1-6,31H2,(H,35,36)(H,37,38). The van der Waals surface area contributed by atoms with E-state index in [2.05, 4.69) is 35.0 Å². The molecule has 7 rings (SSSR count). The third-order valence-electron chi connectivity index (χ3n) is 7.18. The van der Waals surface area contributed by atoms with Gasteiger partial charge >= 0.3 is 0 Å². The Labute approximate surface area is 228 Å². The minimum absolute atomic E-state index is 0.379. The Kier molecular flexibility index (Phi) is 6.05. The Morgan fingerprint density at radius 1 is 0.925 bits per heavy atom. The fourth-order valence-corrected chi connectivity index (χ4v) is 5.21. The van der Waals surface area contributed by atoms with Gasteiger partial charge in [0.15, 0.2) is 5.82 Å². The van der Waals surface area contributed by atoms with Crippen LogP contribution < -0.4 is 10.5 Å². The summed E-state index contributed by atoms with van der Waals surface area (Å²) in [6.45, 7) is 3.52. The van der Waals surface area contributed by atoms with E-state index in [1.54, 1.807) is 31.0 Å². The number of hydrogen-bond acceptors (Lipinski definition) is 8. The number of imidazole rings is 1. The zero-order valence-electron chi connectivity index (χ0n) is 21.6. The Bertz CT molecular complexity index is 1840. The third-order valence-corrected chi connectivity index (χ3v) is 7.18. The molecule has 1 aliphatic rings. The van der Waals surface area contributed by atoms with Crippen molar-refractivity contribution in [3.8, 4) is 39.7 Å². The number of benzene rings is 1. The summed E-state index contributed by atoms with van der Waals surface area (Å²) in [6.07, 6.45) is 10.9. The molecular weight excluding hydrogens is 509 g/mol. The van der Waals surface area contributed by atoms with Crippen molar-refractivity contribution in [2.75, 3.05) is 32.0 Å². The second-order valence-electron chi connectivity index (χ2n) is 9.94. The molecule has 0 aliphatic carbocycles.